The SMILES string of the molecule is COCCN(Cc1cccc2c1B(O)OC2)C(=O)OC(C)(C)C. The molecule has 0 unspecified atom stereocenters. The van der Waals surface area contributed by atoms with Crippen LogP contribution in [0.5, 0.6) is 0 Å². The minimum atomic E-state index is -0.941. The molecule has 0 atom stereocenters. The summed E-state index contributed by atoms with van der Waals surface area (Å²) in [5, 5.41) is 9.99. The molecule has 0 aromatic heterocycles. The molecule has 6 nitrogen and oxygen atoms in total. The first-order chi connectivity index (χ1) is 10.8. The number of rotatable bonds is 5. The number of nitrogens with zero attached hydrogens (tertiary/aromatic N) is 1. The Morgan fingerprint density at radius 1 is 1.43 bits per heavy atom. The van der Waals surface area contributed by atoms with Gasteiger partial charge in [-0.05, 0) is 37.4 Å². The van der Waals surface area contributed by atoms with Crippen LogP contribution in [0.1, 0.15) is 31.9 Å². The van der Waals surface area contributed by atoms with E-state index in [0.29, 0.717) is 26.3 Å². The third kappa shape index (κ3) is 4.70. The molecule has 0 saturated heterocycles. The Morgan fingerprint density at radius 2 is 2.17 bits per heavy atom. The molecular formula is C16H24BNO5. The molecule has 1 heterocycles. The molecule has 1 aromatic rings. The molecule has 23 heavy (non-hydrogen) atoms. The molecule has 1 amide bonds. The third-order valence-corrected chi connectivity index (χ3v) is 3.51. The number of fused-ring (bicyclic) bond motifs is 1. The Hall–Kier alpha value is -1.57. The molecule has 1 aliphatic heterocycles. The molecule has 1 aliphatic rings. The minimum absolute atomic E-state index is 0.335. The molecule has 2 rings (SSSR count). The monoisotopic (exact) mass is 321 g/mol. The van der Waals surface area contributed by atoms with Gasteiger partial charge in [0.25, 0.3) is 0 Å². The smallest absolute Gasteiger partial charge is 0.444 e. The highest BCUT2D eigenvalue weighted by Gasteiger charge is 2.31. The second-order valence-electron chi connectivity index (χ2n) is 6.55. The van der Waals surface area contributed by atoms with Gasteiger partial charge in [-0.15, -0.1) is 0 Å². The van der Waals surface area contributed by atoms with Crippen LogP contribution in [0, 0.1) is 0 Å². The lowest BCUT2D eigenvalue weighted by molar-refractivity contribution is 0.0184. The normalized spacial score (nSPS) is 13.9. The van der Waals surface area contributed by atoms with Gasteiger partial charge in [0.2, 0.25) is 0 Å². The van der Waals surface area contributed by atoms with Gasteiger partial charge < -0.3 is 24.1 Å². The first kappa shape index (κ1) is 17.8. The molecule has 0 radical (unpaired) electrons. The highest BCUT2D eigenvalue weighted by Crippen LogP contribution is 2.16. The lowest BCUT2D eigenvalue weighted by Crippen LogP contribution is -2.41. The number of ether oxygens (including phenoxy) is 2. The van der Waals surface area contributed by atoms with E-state index in [1.165, 1.54) is 0 Å². The average molecular weight is 321 g/mol. The summed E-state index contributed by atoms with van der Waals surface area (Å²) in [4.78, 5) is 14.0. The fraction of sp³-hybridized carbons (Fsp3) is 0.562. The minimum Gasteiger partial charge on any atom is -0.444 e. The highest BCUT2D eigenvalue weighted by molar-refractivity contribution is 6.62. The summed E-state index contributed by atoms with van der Waals surface area (Å²) in [5.74, 6) is 0. The number of carbonyl (C=O) groups excluding carboxylic acids is 1. The van der Waals surface area contributed by atoms with Crippen LogP contribution < -0.4 is 5.46 Å². The van der Waals surface area contributed by atoms with Crippen molar-refractivity contribution in [1.82, 2.24) is 4.90 Å². The molecule has 0 fully saturated rings. The first-order valence-electron chi connectivity index (χ1n) is 7.69. The maximum absolute atomic E-state index is 12.4. The fourth-order valence-corrected chi connectivity index (χ4v) is 2.47. The van der Waals surface area contributed by atoms with Crippen LogP contribution >= 0.6 is 0 Å². The number of methoxy groups -OCH3 is 1. The maximum atomic E-state index is 12.4. The largest absolute Gasteiger partial charge is 0.492 e. The Balaban J connectivity index is 2.18. The summed E-state index contributed by atoms with van der Waals surface area (Å²) in [6, 6.07) is 5.71. The lowest BCUT2D eigenvalue weighted by atomic mass is 9.76. The van der Waals surface area contributed by atoms with Gasteiger partial charge in [-0.3, -0.25) is 0 Å². The quantitative estimate of drug-likeness (QED) is 0.828. The summed E-state index contributed by atoms with van der Waals surface area (Å²) in [5.41, 5.74) is 1.99. The summed E-state index contributed by atoms with van der Waals surface area (Å²) in [7, 11) is 0.648. The molecule has 126 valence electrons. The maximum Gasteiger partial charge on any atom is 0.492 e. The molecule has 0 aliphatic carbocycles. The van der Waals surface area contributed by atoms with Crippen LogP contribution in [0.25, 0.3) is 0 Å². The summed E-state index contributed by atoms with van der Waals surface area (Å²) >= 11 is 0. The van der Waals surface area contributed by atoms with Crippen molar-refractivity contribution in [2.45, 2.75) is 39.5 Å². The van der Waals surface area contributed by atoms with Gasteiger partial charge in [0.1, 0.15) is 5.60 Å². The van der Waals surface area contributed by atoms with E-state index in [1.807, 2.05) is 39.0 Å². The van der Waals surface area contributed by atoms with Crippen molar-refractivity contribution in [3.63, 3.8) is 0 Å². The van der Waals surface area contributed by atoms with Gasteiger partial charge in [0, 0.05) is 20.2 Å². The van der Waals surface area contributed by atoms with E-state index in [1.54, 1.807) is 12.0 Å². The van der Waals surface area contributed by atoms with Crippen LogP contribution in [0.2, 0.25) is 0 Å². The van der Waals surface area contributed by atoms with Crippen molar-refractivity contribution in [2.24, 2.45) is 0 Å². The van der Waals surface area contributed by atoms with Crippen molar-refractivity contribution in [2.75, 3.05) is 20.3 Å². The number of carbonyl (C=O) groups is 1. The summed E-state index contributed by atoms with van der Waals surface area (Å²) < 4.78 is 15.8. The zero-order valence-corrected chi connectivity index (χ0v) is 14.2. The predicted molar refractivity (Wildman–Crippen MR) is 87.4 cm³/mol. The molecule has 0 spiro atoms. The lowest BCUT2D eigenvalue weighted by Gasteiger charge is -2.28. The number of amides is 1. The van der Waals surface area contributed by atoms with Gasteiger partial charge in [0.05, 0.1) is 13.2 Å². The van der Waals surface area contributed by atoms with Crippen molar-refractivity contribution < 1.29 is 23.9 Å². The van der Waals surface area contributed by atoms with E-state index in [2.05, 4.69) is 0 Å². The Bertz CT molecular complexity index is 558. The van der Waals surface area contributed by atoms with Crippen LogP contribution in [-0.2, 0) is 27.3 Å². The van der Waals surface area contributed by atoms with Crippen molar-refractivity contribution in [3.8, 4) is 0 Å². The number of benzene rings is 1. The van der Waals surface area contributed by atoms with Crippen LogP contribution in [0.3, 0.4) is 0 Å². The Morgan fingerprint density at radius 3 is 2.83 bits per heavy atom. The van der Waals surface area contributed by atoms with E-state index in [0.717, 1.165) is 16.6 Å². The average Bonchev–Trinajstić information content (AvgIpc) is 2.84. The Labute approximate surface area is 137 Å². The highest BCUT2D eigenvalue weighted by atomic mass is 16.6. The molecule has 7 heteroatoms. The topological polar surface area (TPSA) is 68.2 Å². The van der Waals surface area contributed by atoms with Crippen molar-refractivity contribution in [3.05, 3.63) is 29.3 Å². The Kier molecular flexibility index (Phi) is 5.67. The van der Waals surface area contributed by atoms with Crippen LogP contribution in [0.15, 0.2) is 18.2 Å². The van der Waals surface area contributed by atoms with Gasteiger partial charge in [-0.25, -0.2) is 4.79 Å². The van der Waals surface area contributed by atoms with E-state index in [9.17, 15) is 9.82 Å². The van der Waals surface area contributed by atoms with Gasteiger partial charge in [0.15, 0.2) is 0 Å². The van der Waals surface area contributed by atoms with Crippen molar-refractivity contribution >= 4 is 18.7 Å². The molecule has 1 aromatic carbocycles. The molecular weight excluding hydrogens is 297 g/mol. The van der Waals surface area contributed by atoms with E-state index >= 15 is 0 Å². The fourth-order valence-electron chi connectivity index (χ4n) is 2.47. The van der Waals surface area contributed by atoms with Gasteiger partial charge in [-0.1, -0.05) is 18.2 Å². The first-order valence-corrected chi connectivity index (χ1v) is 7.69. The van der Waals surface area contributed by atoms with E-state index < -0.39 is 18.8 Å². The van der Waals surface area contributed by atoms with E-state index in [4.69, 9.17) is 14.1 Å². The van der Waals surface area contributed by atoms with Gasteiger partial charge >= 0.3 is 13.2 Å². The van der Waals surface area contributed by atoms with Gasteiger partial charge in [-0.2, -0.15) is 0 Å². The standard InChI is InChI=1S/C16H24BNO5/c1-16(2,3)23-15(19)18(8-9-21-4)10-12-6-5-7-13-11-22-17(20)14(12)13/h5-7,20H,8-11H2,1-4H3. The zero-order chi connectivity index (χ0) is 17.0. The third-order valence-electron chi connectivity index (χ3n) is 3.51. The zero-order valence-electron chi connectivity index (χ0n) is 14.2. The molecule has 0 saturated carbocycles. The predicted octanol–water partition coefficient (Wildman–Crippen LogP) is 1.29. The van der Waals surface area contributed by atoms with Crippen molar-refractivity contribution in [1.29, 1.82) is 0 Å². The number of hydrogen-bond donors (Lipinski definition) is 1. The number of hydrogen-bond acceptors (Lipinski definition) is 5. The summed E-state index contributed by atoms with van der Waals surface area (Å²) in [6.07, 6.45) is -0.402. The van der Waals surface area contributed by atoms with Crippen LogP contribution in [-0.4, -0.2) is 49.0 Å². The second kappa shape index (κ2) is 7.34. The molecule has 1 N–H and O–H groups in total. The summed E-state index contributed by atoms with van der Waals surface area (Å²) in [6.45, 7) is 7.03. The molecule has 0 bridgehead atoms. The second-order valence-corrected chi connectivity index (χ2v) is 6.55. The van der Waals surface area contributed by atoms with Crippen LogP contribution in [0.4, 0.5) is 4.79 Å². The van der Waals surface area contributed by atoms with E-state index in [-0.39, 0.29) is 0 Å².